The minimum Gasteiger partial charge on any atom is -0.493 e. The van der Waals surface area contributed by atoms with Gasteiger partial charge in [-0.3, -0.25) is 0 Å². The molecule has 1 saturated heterocycles. The highest BCUT2D eigenvalue weighted by Gasteiger charge is 2.17. The van der Waals surface area contributed by atoms with Gasteiger partial charge in [0.15, 0.2) is 5.96 Å². The lowest BCUT2D eigenvalue weighted by Crippen LogP contribution is -2.37. The lowest BCUT2D eigenvalue weighted by atomic mass is 10.1. The summed E-state index contributed by atoms with van der Waals surface area (Å²) in [6.45, 7) is 9.53. The minimum absolute atomic E-state index is 0.480. The number of hydrogen-bond acceptors (Lipinski definition) is 4. The summed E-state index contributed by atoms with van der Waals surface area (Å²) in [4.78, 5) is 7.03. The van der Waals surface area contributed by atoms with Gasteiger partial charge in [-0.15, -0.1) is 0 Å². The highest BCUT2D eigenvalue weighted by Crippen LogP contribution is 2.23. The lowest BCUT2D eigenvalue weighted by Gasteiger charge is -2.17. The fraction of sp³-hybridized carbons (Fsp3) is 0.500. The van der Waals surface area contributed by atoms with Crippen LogP contribution >= 0.6 is 0 Å². The average molecular weight is 439 g/mol. The Kier molecular flexibility index (Phi) is 9.38. The standard InChI is InChI=1S/C26H38N4O2/c1-5-27-26(28-15-22-8-6-7-9-24(22)17-30(3)4)29-16-23-11-10-20(2)14-25(23)32-19-21-12-13-31-18-21/h6-11,14,21H,5,12-13,15-19H2,1-4H3,(H2,27,28,29). The monoisotopic (exact) mass is 438 g/mol. The van der Waals surface area contributed by atoms with Gasteiger partial charge in [-0.25, -0.2) is 4.99 Å². The molecule has 0 spiro atoms. The first-order valence-electron chi connectivity index (χ1n) is 11.6. The van der Waals surface area contributed by atoms with E-state index in [1.807, 2.05) is 0 Å². The van der Waals surface area contributed by atoms with Crippen LogP contribution in [0.3, 0.4) is 0 Å². The number of hydrogen-bond donors (Lipinski definition) is 2. The van der Waals surface area contributed by atoms with Gasteiger partial charge in [0, 0.05) is 37.7 Å². The number of aryl methyl sites for hydroxylation is 1. The molecule has 2 N–H and O–H groups in total. The summed E-state index contributed by atoms with van der Waals surface area (Å²) in [7, 11) is 4.19. The first-order chi connectivity index (χ1) is 15.5. The van der Waals surface area contributed by atoms with E-state index in [0.29, 0.717) is 19.1 Å². The zero-order chi connectivity index (χ0) is 22.8. The van der Waals surface area contributed by atoms with Gasteiger partial charge in [-0.2, -0.15) is 0 Å². The summed E-state index contributed by atoms with van der Waals surface area (Å²) < 4.78 is 11.7. The Bertz CT molecular complexity index is 876. The summed E-state index contributed by atoms with van der Waals surface area (Å²) in [6, 6.07) is 14.9. The van der Waals surface area contributed by atoms with Gasteiger partial charge in [-0.1, -0.05) is 36.4 Å². The van der Waals surface area contributed by atoms with Crippen molar-refractivity contribution in [2.24, 2.45) is 10.9 Å². The molecule has 1 heterocycles. The van der Waals surface area contributed by atoms with Gasteiger partial charge < -0.3 is 25.0 Å². The molecule has 1 aliphatic heterocycles. The maximum absolute atomic E-state index is 6.18. The summed E-state index contributed by atoms with van der Waals surface area (Å²) in [6.07, 6.45) is 1.07. The van der Waals surface area contributed by atoms with E-state index in [0.717, 1.165) is 56.5 Å². The number of nitrogens with zero attached hydrogens (tertiary/aromatic N) is 2. The summed E-state index contributed by atoms with van der Waals surface area (Å²) in [5.41, 5.74) is 4.90. The van der Waals surface area contributed by atoms with Crippen LogP contribution < -0.4 is 15.4 Å². The first-order valence-corrected chi connectivity index (χ1v) is 11.6. The van der Waals surface area contributed by atoms with Gasteiger partial charge in [0.1, 0.15) is 5.75 Å². The smallest absolute Gasteiger partial charge is 0.191 e. The molecule has 6 heteroatoms. The molecule has 1 unspecified atom stereocenters. The number of nitrogens with one attached hydrogen (secondary N) is 2. The molecule has 0 aliphatic carbocycles. The maximum Gasteiger partial charge on any atom is 0.191 e. The zero-order valence-corrected chi connectivity index (χ0v) is 20.0. The average Bonchev–Trinajstić information content (AvgIpc) is 3.29. The molecule has 0 aromatic heterocycles. The van der Waals surface area contributed by atoms with Crippen molar-refractivity contribution in [3.05, 3.63) is 64.7 Å². The van der Waals surface area contributed by atoms with E-state index in [2.05, 4.69) is 85.9 Å². The Labute approximate surface area is 193 Å². The second kappa shape index (κ2) is 12.5. The second-order valence-corrected chi connectivity index (χ2v) is 8.71. The Hall–Kier alpha value is -2.57. The number of ether oxygens (including phenoxy) is 2. The molecule has 1 aliphatic rings. The van der Waals surface area contributed by atoms with Crippen molar-refractivity contribution in [3.8, 4) is 5.75 Å². The Morgan fingerprint density at radius 3 is 2.66 bits per heavy atom. The molecular formula is C26H38N4O2. The van der Waals surface area contributed by atoms with Crippen molar-refractivity contribution in [1.29, 1.82) is 0 Å². The van der Waals surface area contributed by atoms with Gasteiger partial charge in [0.05, 0.1) is 19.8 Å². The molecule has 3 rings (SSSR count). The van der Waals surface area contributed by atoms with Crippen LogP contribution in [0.1, 0.15) is 35.6 Å². The highest BCUT2D eigenvalue weighted by atomic mass is 16.5. The third kappa shape index (κ3) is 7.53. The van der Waals surface area contributed by atoms with Crippen LogP contribution in [0.15, 0.2) is 47.5 Å². The van der Waals surface area contributed by atoms with Crippen LogP contribution in [0.2, 0.25) is 0 Å². The number of aliphatic imine (C=N–C) groups is 1. The Balaban J connectivity index is 1.66. The molecule has 0 amide bonds. The fourth-order valence-corrected chi connectivity index (χ4v) is 3.76. The second-order valence-electron chi connectivity index (χ2n) is 8.71. The SMILES string of the molecule is CCNC(=NCc1ccc(C)cc1OCC1CCOC1)NCc1ccccc1CN(C)C. The quantitative estimate of drug-likeness (QED) is 0.437. The van der Waals surface area contributed by atoms with Crippen molar-refractivity contribution in [2.75, 3.05) is 40.5 Å². The predicted molar refractivity (Wildman–Crippen MR) is 131 cm³/mol. The van der Waals surface area contributed by atoms with Gasteiger partial charge in [-0.05, 0) is 57.1 Å². The van der Waals surface area contributed by atoms with Crippen molar-refractivity contribution in [1.82, 2.24) is 15.5 Å². The molecule has 2 aromatic rings. The van der Waals surface area contributed by atoms with Crippen LogP contribution in [-0.4, -0.2) is 51.3 Å². The highest BCUT2D eigenvalue weighted by molar-refractivity contribution is 5.79. The molecular weight excluding hydrogens is 400 g/mol. The van der Waals surface area contributed by atoms with Gasteiger partial charge in [0.2, 0.25) is 0 Å². The van der Waals surface area contributed by atoms with Crippen LogP contribution in [-0.2, 0) is 24.4 Å². The van der Waals surface area contributed by atoms with E-state index in [4.69, 9.17) is 14.5 Å². The van der Waals surface area contributed by atoms with E-state index in [-0.39, 0.29) is 0 Å². The number of rotatable bonds is 10. The predicted octanol–water partition coefficient (Wildman–Crippen LogP) is 3.73. The van der Waals surface area contributed by atoms with E-state index in [1.165, 1.54) is 16.7 Å². The minimum atomic E-state index is 0.480. The van der Waals surface area contributed by atoms with E-state index in [9.17, 15) is 0 Å². The van der Waals surface area contributed by atoms with Crippen LogP contribution in [0.4, 0.5) is 0 Å². The number of guanidine groups is 1. The molecule has 1 atom stereocenters. The van der Waals surface area contributed by atoms with Gasteiger partial charge in [0.25, 0.3) is 0 Å². The Morgan fingerprint density at radius 2 is 1.94 bits per heavy atom. The van der Waals surface area contributed by atoms with Crippen LogP contribution in [0, 0.1) is 12.8 Å². The largest absolute Gasteiger partial charge is 0.493 e. The molecule has 0 bridgehead atoms. The summed E-state index contributed by atoms with van der Waals surface area (Å²) in [5, 5.41) is 6.85. The third-order valence-corrected chi connectivity index (χ3v) is 5.52. The summed E-state index contributed by atoms with van der Waals surface area (Å²) in [5.74, 6) is 2.21. The van der Waals surface area contributed by atoms with E-state index >= 15 is 0 Å². The molecule has 0 radical (unpaired) electrons. The molecule has 1 fully saturated rings. The molecule has 0 saturated carbocycles. The van der Waals surface area contributed by atoms with E-state index < -0.39 is 0 Å². The van der Waals surface area contributed by atoms with Crippen LogP contribution in [0.5, 0.6) is 5.75 Å². The van der Waals surface area contributed by atoms with Crippen molar-refractivity contribution in [3.63, 3.8) is 0 Å². The summed E-state index contributed by atoms with van der Waals surface area (Å²) >= 11 is 0. The first kappa shape index (κ1) is 24.1. The molecule has 32 heavy (non-hydrogen) atoms. The number of benzene rings is 2. The molecule has 6 nitrogen and oxygen atoms in total. The van der Waals surface area contributed by atoms with Crippen molar-refractivity contribution >= 4 is 5.96 Å². The maximum atomic E-state index is 6.18. The normalized spacial score (nSPS) is 16.4. The third-order valence-electron chi connectivity index (χ3n) is 5.52. The van der Waals surface area contributed by atoms with E-state index in [1.54, 1.807) is 0 Å². The topological polar surface area (TPSA) is 58.1 Å². The van der Waals surface area contributed by atoms with Crippen molar-refractivity contribution in [2.45, 2.75) is 39.9 Å². The van der Waals surface area contributed by atoms with Gasteiger partial charge >= 0.3 is 0 Å². The molecule has 2 aromatic carbocycles. The Morgan fingerprint density at radius 1 is 1.12 bits per heavy atom. The van der Waals surface area contributed by atoms with Crippen LogP contribution in [0.25, 0.3) is 0 Å². The van der Waals surface area contributed by atoms with Crippen molar-refractivity contribution < 1.29 is 9.47 Å². The lowest BCUT2D eigenvalue weighted by molar-refractivity contribution is 0.166. The molecule has 174 valence electrons. The fourth-order valence-electron chi connectivity index (χ4n) is 3.76. The zero-order valence-electron chi connectivity index (χ0n) is 20.0.